The fraction of sp³-hybridized carbons (Fsp3) is 0.316. The molecule has 1 unspecified atom stereocenters. The Balaban J connectivity index is 1.57. The molecule has 1 N–H and O–H groups in total. The minimum atomic E-state index is -4.21. The predicted molar refractivity (Wildman–Crippen MR) is 192 cm³/mol. The first-order valence-electron chi connectivity index (χ1n) is 16.3. The molecule has 5 rings (SSSR count). The van der Waals surface area contributed by atoms with Crippen LogP contribution >= 0.6 is 15.9 Å². The number of hydrogen-bond donors (Lipinski definition) is 1. The van der Waals surface area contributed by atoms with Crippen molar-refractivity contribution in [2.45, 2.75) is 69.5 Å². The summed E-state index contributed by atoms with van der Waals surface area (Å²) in [7, 11) is -4.21. The van der Waals surface area contributed by atoms with Crippen molar-refractivity contribution < 1.29 is 22.7 Å². The molecule has 0 saturated heterocycles. The highest BCUT2D eigenvalue weighted by Crippen LogP contribution is 2.28. The number of rotatable bonds is 14. The fourth-order valence-corrected chi connectivity index (χ4v) is 7.71. The topological polar surface area (TPSA) is 96.0 Å². The molecule has 48 heavy (non-hydrogen) atoms. The average molecular weight is 733 g/mol. The Hall–Kier alpha value is -4.15. The van der Waals surface area contributed by atoms with Gasteiger partial charge < -0.3 is 15.0 Å². The molecule has 4 aromatic carbocycles. The first kappa shape index (κ1) is 35.2. The average Bonchev–Trinajstić information content (AvgIpc) is 3.60. The van der Waals surface area contributed by atoms with Gasteiger partial charge in [-0.1, -0.05) is 83.4 Å². The number of carbonyl (C=O) groups is 2. The van der Waals surface area contributed by atoms with E-state index in [1.807, 2.05) is 68.4 Å². The maximum Gasteiger partial charge on any atom is 0.264 e. The van der Waals surface area contributed by atoms with Crippen molar-refractivity contribution in [1.29, 1.82) is 0 Å². The van der Waals surface area contributed by atoms with Crippen molar-refractivity contribution in [3.8, 4) is 5.75 Å². The Labute approximate surface area is 292 Å². The van der Waals surface area contributed by atoms with Gasteiger partial charge in [0.1, 0.15) is 18.3 Å². The zero-order valence-electron chi connectivity index (χ0n) is 27.3. The molecule has 2 amide bonds. The van der Waals surface area contributed by atoms with Crippen molar-refractivity contribution in [3.05, 3.63) is 124 Å². The number of ether oxygens (including phenoxy) is 1. The second-order valence-electron chi connectivity index (χ2n) is 12.0. The van der Waals surface area contributed by atoms with E-state index < -0.39 is 28.5 Å². The number of halogens is 1. The molecular weight excluding hydrogens is 690 g/mol. The lowest BCUT2D eigenvalue weighted by molar-refractivity contribution is -0.140. The summed E-state index contributed by atoms with van der Waals surface area (Å²) in [6, 6.07) is 29.5. The molecule has 10 heteroatoms. The SMILES string of the molecule is CCOc1ccc(N(CC(=O)N(Cc2ccccc2C)C(Cc2ccccc2)C(=O)NC2CCCC2)S(=O)(=O)c2ccc(Br)cc2)cc1. The number of nitrogens with zero attached hydrogens (tertiary/aromatic N) is 2. The molecule has 252 valence electrons. The zero-order chi connectivity index (χ0) is 34.1. The standard InChI is InChI=1S/C38H42BrN3O5S/c1-3-47-34-21-19-33(20-22-34)42(48(45,46)35-23-17-31(39)18-24-35)27-37(43)41(26-30-14-8-7-11-28(30)2)36(25-29-12-5-4-6-13-29)38(44)40-32-15-9-10-16-32/h4-8,11-14,17-24,32,36H,3,9-10,15-16,25-27H2,1-2H3,(H,40,44). The van der Waals surface area contributed by atoms with Crippen LogP contribution in [0, 0.1) is 6.92 Å². The molecule has 1 atom stereocenters. The first-order chi connectivity index (χ1) is 23.2. The summed E-state index contributed by atoms with van der Waals surface area (Å²) in [4.78, 5) is 30.5. The Bertz CT molecular complexity index is 1780. The number of anilines is 1. The predicted octanol–water partition coefficient (Wildman–Crippen LogP) is 7.05. The summed E-state index contributed by atoms with van der Waals surface area (Å²) in [6.45, 7) is 3.91. The second-order valence-corrected chi connectivity index (χ2v) is 14.8. The summed E-state index contributed by atoms with van der Waals surface area (Å²) >= 11 is 3.38. The van der Waals surface area contributed by atoms with Gasteiger partial charge in [-0.15, -0.1) is 0 Å². The van der Waals surface area contributed by atoms with Gasteiger partial charge in [-0.05, 0) is 91.9 Å². The number of nitrogens with one attached hydrogen (secondary N) is 1. The molecule has 1 fully saturated rings. The number of carbonyl (C=O) groups excluding carboxylic acids is 2. The molecule has 0 aromatic heterocycles. The number of benzene rings is 4. The number of amides is 2. The van der Waals surface area contributed by atoms with Crippen molar-refractivity contribution >= 4 is 43.5 Å². The van der Waals surface area contributed by atoms with E-state index in [0.29, 0.717) is 18.0 Å². The molecule has 1 saturated carbocycles. The van der Waals surface area contributed by atoms with Crippen LogP contribution in [0.4, 0.5) is 5.69 Å². The molecule has 4 aromatic rings. The highest BCUT2D eigenvalue weighted by Gasteiger charge is 2.35. The van der Waals surface area contributed by atoms with E-state index in [4.69, 9.17) is 4.74 Å². The summed E-state index contributed by atoms with van der Waals surface area (Å²) < 4.78 is 36.0. The third-order valence-corrected chi connectivity index (χ3v) is 11.0. The van der Waals surface area contributed by atoms with Gasteiger partial charge in [0.25, 0.3) is 10.0 Å². The van der Waals surface area contributed by atoms with Gasteiger partial charge in [0.05, 0.1) is 17.2 Å². The molecular formula is C38H42BrN3O5S. The van der Waals surface area contributed by atoms with Crippen LogP contribution in [-0.4, -0.2) is 50.4 Å². The lowest BCUT2D eigenvalue weighted by Crippen LogP contribution is -2.54. The van der Waals surface area contributed by atoms with Gasteiger partial charge in [-0.25, -0.2) is 8.42 Å². The summed E-state index contributed by atoms with van der Waals surface area (Å²) in [5.41, 5.74) is 3.05. The Morgan fingerprint density at radius 2 is 1.54 bits per heavy atom. The lowest BCUT2D eigenvalue weighted by Gasteiger charge is -2.34. The van der Waals surface area contributed by atoms with Crippen LogP contribution in [-0.2, 0) is 32.6 Å². The fourth-order valence-electron chi connectivity index (χ4n) is 6.03. The van der Waals surface area contributed by atoms with Gasteiger partial charge in [0.2, 0.25) is 11.8 Å². The minimum Gasteiger partial charge on any atom is -0.494 e. The van der Waals surface area contributed by atoms with Crippen molar-refractivity contribution in [3.63, 3.8) is 0 Å². The van der Waals surface area contributed by atoms with Crippen LogP contribution in [0.5, 0.6) is 5.75 Å². The molecule has 1 aliphatic rings. The van der Waals surface area contributed by atoms with E-state index >= 15 is 0 Å². The zero-order valence-corrected chi connectivity index (χ0v) is 29.8. The van der Waals surface area contributed by atoms with Crippen LogP contribution in [0.3, 0.4) is 0 Å². The van der Waals surface area contributed by atoms with Gasteiger partial charge >= 0.3 is 0 Å². The molecule has 1 aliphatic carbocycles. The summed E-state index contributed by atoms with van der Waals surface area (Å²) in [5, 5.41) is 3.22. The molecule has 0 spiro atoms. The van der Waals surface area contributed by atoms with Crippen molar-refractivity contribution in [2.75, 3.05) is 17.5 Å². The number of aryl methyl sites for hydroxylation is 1. The third-order valence-electron chi connectivity index (χ3n) is 8.69. The summed E-state index contributed by atoms with van der Waals surface area (Å²) in [5.74, 6) is -0.146. The van der Waals surface area contributed by atoms with Crippen LogP contribution in [0.25, 0.3) is 0 Å². The maximum atomic E-state index is 14.7. The normalized spacial score (nSPS) is 13.9. The maximum absolute atomic E-state index is 14.7. The van der Waals surface area contributed by atoms with Crippen LogP contribution in [0.15, 0.2) is 112 Å². The van der Waals surface area contributed by atoms with Gasteiger partial charge in [0, 0.05) is 23.5 Å². The van der Waals surface area contributed by atoms with Crippen LogP contribution in [0.2, 0.25) is 0 Å². The Morgan fingerprint density at radius 3 is 2.19 bits per heavy atom. The quantitative estimate of drug-likeness (QED) is 0.150. The molecule has 0 radical (unpaired) electrons. The van der Waals surface area contributed by atoms with E-state index in [1.165, 1.54) is 12.1 Å². The highest BCUT2D eigenvalue weighted by molar-refractivity contribution is 9.10. The van der Waals surface area contributed by atoms with Gasteiger partial charge in [-0.2, -0.15) is 0 Å². The van der Waals surface area contributed by atoms with Crippen LogP contribution < -0.4 is 14.4 Å². The Morgan fingerprint density at radius 1 is 0.896 bits per heavy atom. The van der Waals surface area contributed by atoms with Crippen LogP contribution in [0.1, 0.15) is 49.3 Å². The smallest absolute Gasteiger partial charge is 0.264 e. The van der Waals surface area contributed by atoms with E-state index in [-0.39, 0.29) is 29.8 Å². The number of sulfonamides is 1. The number of hydrogen-bond acceptors (Lipinski definition) is 5. The van der Waals surface area contributed by atoms with E-state index in [0.717, 1.165) is 51.2 Å². The lowest BCUT2D eigenvalue weighted by atomic mass is 10.0. The Kier molecular flexibility index (Phi) is 11.9. The van der Waals surface area contributed by atoms with E-state index in [1.54, 1.807) is 41.3 Å². The monoisotopic (exact) mass is 731 g/mol. The van der Waals surface area contributed by atoms with Gasteiger partial charge in [0.15, 0.2) is 0 Å². The first-order valence-corrected chi connectivity index (χ1v) is 18.6. The van der Waals surface area contributed by atoms with Crippen molar-refractivity contribution in [1.82, 2.24) is 10.2 Å². The largest absolute Gasteiger partial charge is 0.494 e. The van der Waals surface area contributed by atoms with Crippen molar-refractivity contribution in [2.24, 2.45) is 0 Å². The molecule has 0 bridgehead atoms. The van der Waals surface area contributed by atoms with Gasteiger partial charge in [-0.3, -0.25) is 13.9 Å². The second kappa shape index (κ2) is 16.3. The molecule has 8 nitrogen and oxygen atoms in total. The van der Waals surface area contributed by atoms with E-state index in [2.05, 4.69) is 21.2 Å². The highest BCUT2D eigenvalue weighted by atomic mass is 79.9. The molecule has 0 heterocycles. The minimum absolute atomic E-state index is 0.0395. The molecule has 0 aliphatic heterocycles. The third kappa shape index (κ3) is 8.85. The van der Waals surface area contributed by atoms with E-state index in [9.17, 15) is 18.0 Å². The summed E-state index contributed by atoms with van der Waals surface area (Å²) in [6.07, 6.45) is 4.16.